The molecule has 0 fully saturated rings. The van der Waals surface area contributed by atoms with Gasteiger partial charge in [-0.15, -0.1) is 0 Å². The molecule has 2 aromatic rings. The van der Waals surface area contributed by atoms with Crippen molar-refractivity contribution >= 4 is 16.7 Å². The quantitative estimate of drug-likeness (QED) is 0.812. The highest BCUT2D eigenvalue weighted by atomic mass is 16.1. The molecule has 1 aromatic heterocycles. The summed E-state index contributed by atoms with van der Waals surface area (Å²) in [6, 6.07) is 7.19. The van der Waals surface area contributed by atoms with Gasteiger partial charge in [0.25, 0.3) is 0 Å². The van der Waals surface area contributed by atoms with Crippen LogP contribution in [0.4, 0.5) is 0 Å². The number of ketones is 1. The SMILES string of the molecule is CC(C)(C)C(=O)Cn1ncc(=O)c2ccccc21. The van der Waals surface area contributed by atoms with Gasteiger partial charge in [0.15, 0.2) is 5.78 Å². The number of benzene rings is 1. The Morgan fingerprint density at radius 2 is 1.94 bits per heavy atom. The third kappa shape index (κ3) is 2.32. The molecule has 0 bridgehead atoms. The maximum atomic E-state index is 12.0. The fourth-order valence-corrected chi connectivity index (χ4v) is 1.66. The minimum atomic E-state index is -0.411. The molecule has 0 radical (unpaired) electrons. The second-order valence-corrected chi connectivity index (χ2v) is 5.36. The summed E-state index contributed by atoms with van der Waals surface area (Å²) in [6.45, 7) is 5.81. The number of aromatic nitrogens is 2. The van der Waals surface area contributed by atoms with E-state index in [1.54, 1.807) is 22.9 Å². The van der Waals surface area contributed by atoms with Gasteiger partial charge in [-0.2, -0.15) is 5.10 Å². The Morgan fingerprint density at radius 3 is 2.61 bits per heavy atom. The van der Waals surface area contributed by atoms with Crippen LogP contribution in [0.1, 0.15) is 20.8 Å². The van der Waals surface area contributed by atoms with Crippen molar-refractivity contribution in [3.8, 4) is 0 Å². The Hall–Kier alpha value is -1.97. The highest BCUT2D eigenvalue weighted by Crippen LogP contribution is 2.16. The molecule has 0 atom stereocenters. The predicted molar refractivity (Wildman–Crippen MR) is 70.5 cm³/mol. The van der Waals surface area contributed by atoms with E-state index in [4.69, 9.17) is 0 Å². The van der Waals surface area contributed by atoms with E-state index < -0.39 is 5.41 Å². The minimum absolute atomic E-state index is 0.0869. The first-order valence-corrected chi connectivity index (χ1v) is 5.88. The fraction of sp³-hybridized carbons (Fsp3) is 0.357. The van der Waals surface area contributed by atoms with Gasteiger partial charge in [-0.05, 0) is 12.1 Å². The van der Waals surface area contributed by atoms with Crippen LogP contribution < -0.4 is 5.43 Å². The third-order valence-electron chi connectivity index (χ3n) is 2.89. The van der Waals surface area contributed by atoms with Crippen molar-refractivity contribution < 1.29 is 4.79 Å². The first-order chi connectivity index (χ1) is 8.39. The molecule has 1 heterocycles. The Bertz CT molecular complexity index is 651. The largest absolute Gasteiger partial charge is 0.297 e. The van der Waals surface area contributed by atoms with E-state index in [1.165, 1.54) is 6.20 Å². The maximum absolute atomic E-state index is 12.0. The normalized spacial score (nSPS) is 11.7. The van der Waals surface area contributed by atoms with Crippen molar-refractivity contribution in [3.63, 3.8) is 0 Å². The summed E-state index contributed by atoms with van der Waals surface area (Å²) in [7, 11) is 0. The fourth-order valence-electron chi connectivity index (χ4n) is 1.66. The smallest absolute Gasteiger partial charge is 0.207 e. The van der Waals surface area contributed by atoms with E-state index in [-0.39, 0.29) is 17.8 Å². The standard InChI is InChI=1S/C14H16N2O2/c1-14(2,3)13(18)9-16-11-7-5-4-6-10(11)12(17)8-15-16/h4-8H,9H2,1-3H3. The van der Waals surface area contributed by atoms with E-state index in [0.717, 1.165) is 0 Å². The van der Waals surface area contributed by atoms with Gasteiger partial charge in [-0.1, -0.05) is 32.9 Å². The highest BCUT2D eigenvalue weighted by Gasteiger charge is 2.22. The van der Waals surface area contributed by atoms with Gasteiger partial charge >= 0.3 is 0 Å². The molecule has 94 valence electrons. The van der Waals surface area contributed by atoms with Crippen molar-refractivity contribution in [2.75, 3.05) is 0 Å². The topological polar surface area (TPSA) is 52.0 Å². The number of Topliss-reactive ketones (excluding diaryl/α,β-unsaturated/α-hetero) is 1. The average Bonchev–Trinajstić information content (AvgIpc) is 2.32. The Labute approximate surface area is 105 Å². The first-order valence-electron chi connectivity index (χ1n) is 5.88. The summed E-state index contributed by atoms with van der Waals surface area (Å²) in [6.07, 6.45) is 1.26. The second kappa shape index (κ2) is 4.37. The van der Waals surface area contributed by atoms with Gasteiger partial charge in [-0.25, -0.2) is 0 Å². The molecular formula is C14H16N2O2. The lowest BCUT2D eigenvalue weighted by Gasteiger charge is -2.17. The van der Waals surface area contributed by atoms with Gasteiger partial charge in [0.2, 0.25) is 5.43 Å². The lowest BCUT2D eigenvalue weighted by molar-refractivity contribution is -0.127. The van der Waals surface area contributed by atoms with Crippen LogP contribution in [0.15, 0.2) is 35.3 Å². The lowest BCUT2D eigenvalue weighted by Crippen LogP contribution is -2.27. The van der Waals surface area contributed by atoms with Gasteiger partial charge in [0.1, 0.15) is 6.54 Å². The summed E-state index contributed by atoms with van der Waals surface area (Å²) in [4.78, 5) is 23.7. The van der Waals surface area contributed by atoms with Crippen molar-refractivity contribution in [2.24, 2.45) is 5.41 Å². The zero-order valence-corrected chi connectivity index (χ0v) is 10.8. The van der Waals surface area contributed by atoms with Gasteiger partial charge < -0.3 is 0 Å². The summed E-state index contributed by atoms with van der Waals surface area (Å²) < 4.78 is 1.59. The van der Waals surface area contributed by atoms with E-state index in [2.05, 4.69) is 5.10 Å². The molecule has 0 unspecified atom stereocenters. The van der Waals surface area contributed by atoms with Crippen molar-refractivity contribution in [2.45, 2.75) is 27.3 Å². The van der Waals surface area contributed by atoms with Crippen molar-refractivity contribution in [1.29, 1.82) is 0 Å². The third-order valence-corrected chi connectivity index (χ3v) is 2.89. The molecule has 0 spiro atoms. The summed E-state index contributed by atoms with van der Waals surface area (Å²) in [5.41, 5.74) is 0.166. The van der Waals surface area contributed by atoms with Crippen LogP contribution in [0.25, 0.3) is 10.9 Å². The molecule has 0 aliphatic carbocycles. The molecule has 0 saturated carbocycles. The summed E-state index contributed by atoms with van der Waals surface area (Å²) >= 11 is 0. The Morgan fingerprint density at radius 1 is 1.28 bits per heavy atom. The Balaban J connectivity index is 2.50. The van der Waals surface area contributed by atoms with Crippen LogP contribution in [0, 0.1) is 5.41 Å². The number of carbonyl (C=O) groups excluding carboxylic acids is 1. The molecule has 0 N–H and O–H groups in total. The van der Waals surface area contributed by atoms with Gasteiger partial charge in [0.05, 0.1) is 11.7 Å². The molecule has 0 amide bonds. The van der Waals surface area contributed by atoms with E-state index in [0.29, 0.717) is 10.9 Å². The number of para-hydroxylation sites is 1. The molecule has 4 nitrogen and oxygen atoms in total. The van der Waals surface area contributed by atoms with Crippen LogP contribution in [0.3, 0.4) is 0 Å². The highest BCUT2D eigenvalue weighted by molar-refractivity contribution is 5.85. The van der Waals surface area contributed by atoms with Crippen LogP contribution in [0.5, 0.6) is 0 Å². The molecule has 0 aliphatic rings. The zero-order valence-electron chi connectivity index (χ0n) is 10.8. The van der Waals surface area contributed by atoms with Crippen LogP contribution in [-0.2, 0) is 11.3 Å². The van der Waals surface area contributed by atoms with E-state index in [9.17, 15) is 9.59 Å². The summed E-state index contributed by atoms with van der Waals surface area (Å²) in [5.74, 6) is 0.0869. The minimum Gasteiger partial charge on any atom is -0.297 e. The molecule has 18 heavy (non-hydrogen) atoms. The molecule has 4 heteroatoms. The number of hydrogen-bond acceptors (Lipinski definition) is 3. The molecule has 0 saturated heterocycles. The molecule has 2 rings (SSSR count). The first kappa shape index (κ1) is 12.5. The Kier molecular flexibility index (Phi) is 3.03. The lowest BCUT2D eigenvalue weighted by atomic mass is 9.91. The van der Waals surface area contributed by atoms with Crippen molar-refractivity contribution in [3.05, 3.63) is 40.7 Å². The maximum Gasteiger partial charge on any atom is 0.207 e. The van der Waals surface area contributed by atoms with E-state index in [1.807, 2.05) is 26.8 Å². The molecule has 1 aromatic carbocycles. The molecular weight excluding hydrogens is 228 g/mol. The number of carbonyl (C=O) groups is 1. The van der Waals surface area contributed by atoms with E-state index >= 15 is 0 Å². The second-order valence-electron chi connectivity index (χ2n) is 5.36. The predicted octanol–water partition coefficient (Wildman–Crippen LogP) is 2.01. The molecule has 0 aliphatic heterocycles. The number of hydrogen-bond donors (Lipinski definition) is 0. The van der Waals surface area contributed by atoms with Crippen molar-refractivity contribution in [1.82, 2.24) is 9.78 Å². The van der Waals surface area contributed by atoms with Gasteiger partial charge in [-0.3, -0.25) is 14.3 Å². The number of rotatable bonds is 2. The van der Waals surface area contributed by atoms with Crippen LogP contribution in [0.2, 0.25) is 0 Å². The van der Waals surface area contributed by atoms with Gasteiger partial charge in [0, 0.05) is 10.8 Å². The number of fused-ring (bicyclic) bond motifs is 1. The zero-order chi connectivity index (χ0) is 13.3. The van der Waals surface area contributed by atoms with Crippen LogP contribution >= 0.6 is 0 Å². The average molecular weight is 244 g/mol. The monoisotopic (exact) mass is 244 g/mol. The summed E-state index contributed by atoms with van der Waals surface area (Å²) in [5, 5.41) is 4.64. The van der Waals surface area contributed by atoms with Crippen LogP contribution in [-0.4, -0.2) is 15.6 Å². The number of nitrogens with zero attached hydrogens (tertiary/aromatic N) is 2.